The predicted octanol–water partition coefficient (Wildman–Crippen LogP) is 3.34. The molecule has 11 heteroatoms. The van der Waals surface area contributed by atoms with E-state index < -0.39 is 6.09 Å². The van der Waals surface area contributed by atoms with Crippen molar-refractivity contribution in [3.05, 3.63) is 58.0 Å². The Hall–Kier alpha value is -3.91. The molecule has 1 aliphatic carbocycles. The minimum absolute atomic E-state index is 0.0811. The van der Waals surface area contributed by atoms with E-state index in [2.05, 4.69) is 26.9 Å². The van der Waals surface area contributed by atoms with Gasteiger partial charge in [-0.2, -0.15) is 5.26 Å². The zero-order valence-electron chi connectivity index (χ0n) is 17.1. The average Bonchev–Trinajstić information content (AvgIpc) is 3.50. The number of hydrogen-bond donors (Lipinski definition) is 2. The van der Waals surface area contributed by atoms with Crippen molar-refractivity contribution < 1.29 is 23.2 Å². The quantitative estimate of drug-likeness (QED) is 0.541. The average molecular weight is 453 g/mol. The van der Waals surface area contributed by atoms with Crippen molar-refractivity contribution in [3.63, 3.8) is 0 Å². The number of carbonyl (C=O) groups excluding carboxylic acids is 2. The smallest absolute Gasteiger partial charge is 0.407 e. The molecule has 1 aliphatic rings. The van der Waals surface area contributed by atoms with Crippen LogP contribution in [0.3, 0.4) is 0 Å². The lowest BCUT2D eigenvalue weighted by molar-refractivity contribution is -0.111. The van der Waals surface area contributed by atoms with Gasteiger partial charge in [-0.15, -0.1) is 21.5 Å². The highest BCUT2D eigenvalue weighted by Gasteiger charge is 2.28. The van der Waals surface area contributed by atoms with E-state index in [1.165, 1.54) is 29.9 Å². The van der Waals surface area contributed by atoms with Crippen molar-refractivity contribution in [1.29, 1.82) is 5.26 Å². The molecule has 4 rings (SSSR count). The monoisotopic (exact) mass is 453 g/mol. The number of aromatic nitrogens is 2. The van der Waals surface area contributed by atoms with Crippen LogP contribution < -0.4 is 10.6 Å². The van der Waals surface area contributed by atoms with Crippen LogP contribution >= 0.6 is 11.3 Å². The Balaban J connectivity index is 1.35. The van der Waals surface area contributed by atoms with E-state index in [0.29, 0.717) is 41.6 Å². The maximum Gasteiger partial charge on any atom is 0.407 e. The van der Waals surface area contributed by atoms with Gasteiger partial charge in [0, 0.05) is 29.9 Å². The Morgan fingerprint density at radius 3 is 3.03 bits per heavy atom. The molecule has 164 valence electrons. The minimum Gasteiger partial charge on any atom is -0.472 e. The van der Waals surface area contributed by atoms with Crippen molar-refractivity contribution in [2.24, 2.45) is 0 Å². The number of thiophene rings is 1. The molecule has 0 aliphatic heterocycles. The largest absolute Gasteiger partial charge is 0.472 e. The Kier molecular flexibility index (Phi) is 6.32. The summed E-state index contributed by atoms with van der Waals surface area (Å²) >= 11 is 1.33. The summed E-state index contributed by atoms with van der Waals surface area (Å²) in [4.78, 5) is 25.3. The summed E-state index contributed by atoms with van der Waals surface area (Å²) in [6.45, 7) is 1.75. The maximum atomic E-state index is 12.3. The molecule has 3 aromatic heterocycles. The number of carbonyl (C=O) groups is 2. The molecule has 10 nitrogen and oxygen atoms in total. The van der Waals surface area contributed by atoms with E-state index >= 15 is 0 Å². The number of alkyl carbamates (subject to hydrolysis) is 1. The summed E-state index contributed by atoms with van der Waals surface area (Å²) < 4.78 is 15.7. The third kappa shape index (κ3) is 5.04. The van der Waals surface area contributed by atoms with E-state index in [9.17, 15) is 14.9 Å². The normalized spacial score (nSPS) is 15.2. The second-order valence-corrected chi connectivity index (χ2v) is 8.14. The Morgan fingerprint density at radius 2 is 2.31 bits per heavy atom. The number of anilines is 1. The lowest BCUT2D eigenvalue weighted by Gasteiger charge is -2.22. The number of nitrogens with zero attached hydrogens (tertiary/aromatic N) is 3. The molecule has 32 heavy (non-hydrogen) atoms. The summed E-state index contributed by atoms with van der Waals surface area (Å²) in [7, 11) is 0. The van der Waals surface area contributed by atoms with Crippen LogP contribution in [0.5, 0.6) is 0 Å². The molecule has 3 heterocycles. The zero-order valence-corrected chi connectivity index (χ0v) is 17.9. The number of nitriles is 1. The summed E-state index contributed by atoms with van der Waals surface area (Å²) in [6, 6.07) is 3.92. The molecule has 0 spiro atoms. The van der Waals surface area contributed by atoms with E-state index in [1.54, 1.807) is 19.1 Å². The molecule has 0 bridgehead atoms. The Morgan fingerprint density at radius 1 is 1.44 bits per heavy atom. The number of aryl methyl sites for hydroxylation is 1. The van der Waals surface area contributed by atoms with Crippen LogP contribution in [0.4, 0.5) is 9.80 Å². The van der Waals surface area contributed by atoms with E-state index in [1.807, 2.05) is 0 Å². The molecule has 2 N–H and O–H groups in total. The SMILES string of the molecule is Cc1nnc(CNC(=O)OC2CCc3c(sc(NC(=O)C=Cc4ccoc4)c3C#N)C2)o1. The van der Waals surface area contributed by atoms with Crippen LogP contribution in [-0.4, -0.2) is 28.3 Å². The molecule has 3 aromatic rings. The van der Waals surface area contributed by atoms with Gasteiger partial charge in [-0.25, -0.2) is 4.79 Å². The predicted molar refractivity (Wildman–Crippen MR) is 114 cm³/mol. The second kappa shape index (κ2) is 9.49. The lowest BCUT2D eigenvalue weighted by atomic mass is 9.94. The number of fused-ring (bicyclic) bond motifs is 1. The fourth-order valence-electron chi connectivity index (χ4n) is 3.31. The molecule has 2 amide bonds. The van der Waals surface area contributed by atoms with Gasteiger partial charge in [0.1, 0.15) is 17.2 Å². The third-order valence-corrected chi connectivity index (χ3v) is 5.93. The molecule has 0 saturated heterocycles. The Bertz CT molecular complexity index is 1190. The first kappa shape index (κ1) is 21.3. The maximum absolute atomic E-state index is 12.3. The standard InChI is InChI=1S/C21H19N5O5S/c1-12-25-26-19(30-12)10-23-21(28)31-14-3-4-15-16(9-22)20(32-17(15)8-14)24-18(27)5-2-13-6-7-29-11-13/h2,5-7,11,14H,3-4,8,10H2,1H3,(H,23,28)(H,24,27). The first-order valence-electron chi connectivity index (χ1n) is 9.81. The number of hydrogen-bond acceptors (Lipinski definition) is 9. The number of rotatable bonds is 6. The fraction of sp³-hybridized carbons (Fsp3) is 0.286. The molecule has 0 fully saturated rings. The fourth-order valence-corrected chi connectivity index (χ4v) is 4.57. The summed E-state index contributed by atoms with van der Waals surface area (Å²) in [5.74, 6) is 0.370. The van der Waals surface area contributed by atoms with Gasteiger partial charge in [0.15, 0.2) is 0 Å². The van der Waals surface area contributed by atoms with E-state index in [4.69, 9.17) is 13.6 Å². The molecular weight excluding hydrogens is 434 g/mol. The van der Waals surface area contributed by atoms with Gasteiger partial charge in [-0.3, -0.25) is 4.79 Å². The summed E-state index contributed by atoms with van der Waals surface area (Å²) in [6.07, 6.45) is 6.77. The van der Waals surface area contributed by atoms with Crippen LogP contribution in [-0.2, 0) is 28.9 Å². The number of furan rings is 1. The molecule has 1 atom stereocenters. The molecule has 0 saturated carbocycles. The van der Waals surface area contributed by atoms with Crippen molar-refractivity contribution in [2.75, 3.05) is 5.32 Å². The molecular formula is C21H19N5O5S. The molecule has 0 radical (unpaired) electrons. The van der Waals surface area contributed by atoms with Crippen LogP contribution in [0, 0.1) is 18.3 Å². The van der Waals surface area contributed by atoms with Gasteiger partial charge in [-0.1, -0.05) is 0 Å². The van der Waals surface area contributed by atoms with E-state index in [0.717, 1.165) is 16.0 Å². The van der Waals surface area contributed by atoms with Crippen LogP contribution in [0.25, 0.3) is 6.08 Å². The van der Waals surface area contributed by atoms with Gasteiger partial charge in [0.05, 0.1) is 24.6 Å². The highest BCUT2D eigenvalue weighted by atomic mass is 32.1. The van der Waals surface area contributed by atoms with Crippen molar-refractivity contribution in [1.82, 2.24) is 15.5 Å². The summed E-state index contributed by atoms with van der Waals surface area (Å²) in [5, 5.41) is 23.0. The van der Waals surface area contributed by atoms with Gasteiger partial charge in [0.25, 0.3) is 0 Å². The highest BCUT2D eigenvalue weighted by molar-refractivity contribution is 7.16. The van der Waals surface area contributed by atoms with Gasteiger partial charge >= 0.3 is 6.09 Å². The van der Waals surface area contributed by atoms with Crippen molar-refractivity contribution in [2.45, 2.75) is 38.8 Å². The van der Waals surface area contributed by atoms with E-state index in [-0.39, 0.29) is 18.6 Å². The van der Waals surface area contributed by atoms with Crippen LogP contribution in [0.1, 0.15) is 39.8 Å². The van der Waals surface area contributed by atoms with Gasteiger partial charge < -0.3 is 24.2 Å². The Labute approximate surface area is 186 Å². The minimum atomic E-state index is -0.579. The number of amides is 2. The van der Waals surface area contributed by atoms with Gasteiger partial charge in [-0.05, 0) is 30.5 Å². The van der Waals surface area contributed by atoms with Crippen LogP contribution in [0.2, 0.25) is 0 Å². The summed E-state index contributed by atoms with van der Waals surface area (Å²) in [5.41, 5.74) is 2.12. The zero-order chi connectivity index (χ0) is 22.5. The first-order chi connectivity index (χ1) is 15.5. The highest BCUT2D eigenvalue weighted by Crippen LogP contribution is 2.38. The van der Waals surface area contributed by atoms with Gasteiger partial charge in [0.2, 0.25) is 17.7 Å². The molecule has 1 unspecified atom stereocenters. The lowest BCUT2D eigenvalue weighted by Crippen LogP contribution is -2.31. The van der Waals surface area contributed by atoms with Crippen molar-refractivity contribution >= 4 is 34.4 Å². The molecule has 0 aromatic carbocycles. The topological polar surface area (TPSA) is 143 Å². The second-order valence-electron chi connectivity index (χ2n) is 7.04. The van der Waals surface area contributed by atoms with Crippen LogP contribution in [0.15, 0.2) is 33.5 Å². The number of nitrogens with one attached hydrogen (secondary N) is 2. The third-order valence-electron chi connectivity index (χ3n) is 4.76. The van der Waals surface area contributed by atoms with Crippen molar-refractivity contribution in [3.8, 4) is 6.07 Å². The first-order valence-corrected chi connectivity index (χ1v) is 10.6. The number of ether oxygens (including phenoxy) is 1.